The Morgan fingerprint density at radius 3 is 2.41 bits per heavy atom. The molecule has 0 unspecified atom stereocenters. The van der Waals surface area contributed by atoms with Gasteiger partial charge < -0.3 is 0 Å². The molecule has 0 spiro atoms. The van der Waals surface area contributed by atoms with Gasteiger partial charge in [0.15, 0.2) is 0 Å². The number of nitriles is 1. The molecular weight excluding hydrogens is 267 g/mol. The highest BCUT2D eigenvalue weighted by atomic mass is 35.5. The van der Waals surface area contributed by atoms with Gasteiger partial charge in [-0.15, -0.1) is 0 Å². The summed E-state index contributed by atoms with van der Waals surface area (Å²) < 4.78 is 62.1. The second-order valence-electron chi connectivity index (χ2n) is 2.99. The van der Waals surface area contributed by atoms with Crippen molar-refractivity contribution in [2.75, 3.05) is 0 Å². The summed E-state index contributed by atoms with van der Waals surface area (Å²) in [4.78, 5) is 3.23. The van der Waals surface area contributed by atoms with Crippen LogP contribution in [0.3, 0.4) is 0 Å². The van der Waals surface area contributed by atoms with Gasteiger partial charge in [0.05, 0.1) is 28.8 Å². The quantitative estimate of drug-likeness (QED) is 0.767. The molecule has 0 aliphatic heterocycles. The minimum Gasteiger partial charge on any atom is -0.249 e. The van der Waals surface area contributed by atoms with Crippen LogP contribution in [0.4, 0.5) is 22.0 Å². The molecule has 1 rings (SSSR count). The number of hydrogen-bond donors (Lipinski definition) is 0. The van der Waals surface area contributed by atoms with Crippen LogP contribution in [0.2, 0.25) is 5.02 Å². The molecule has 0 saturated carbocycles. The van der Waals surface area contributed by atoms with Gasteiger partial charge in [0.25, 0.3) is 6.43 Å². The van der Waals surface area contributed by atoms with Gasteiger partial charge in [0.2, 0.25) is 0 Å². The van der Waals surface area contributed by atoms with E-state index in [0.29, 0.717) is 0 Å². The number of hydrogen-bond acceptors (Lipinski definition) is 2. The van der Waals surface area contributed by atoms with E-state index in [9.17, 15) is 22.0 Å². The Hall–Kier alpha value is -1.42. The first-order valence-corrected chi connectivity index (χ1v) is 4.56. The van der Waals surface area contributed by atoms with Crippen LogP contribution in [0.25, 0.3) is 0 Å². The van der Waals surface area contributed by atoms with Crippen molar-refractivity contribution in [2.45, 2.75) is 19.0 Å². The predicted molar refractivity (Wildman–Crippen MR) is 48.5 cm³/mol. The largest absolute Gasteiger partial charge is 0.417 e. The zero-order valence-electron chi connectivity index (χ0n) is 8.02. The van der Waals surface area contributed by atoms with Crippen molar-refractivity contribution in [1.29, 1.82) is 5.26 Å². The van der Waals surface area contributed by atoms with E-state index in [0.717, 1.165) is 0 Å². The third kappa shape index (κ3) is 3.03. The summed E-state index contributed by atoms with van der Waals surface area (Å²) in [6, 6.07) is 1.70. The minimum absolute atomic E-state index is 0.188. The van der Waals surface area contributed by atoms with Crippen LogP contribution in [0.15, 0.2) is 6.07 Å². The van der Waals surface area contributed by atoms with E-state index in [-0.39, 0.29) is 6.07 Å². The van der Waals surface area contributed by atoms with Gasteiger partial charge in [0, 0.05) is 0 Å². The molecular formula is C9H4ClF5N2. The number of nitrogens with zero attached hydrogens (tertiary/aromatic N) is 2. The van der Waals surface area contributed by atoms with Crippen molar-refractivity contribution in [3.05, 3.63) is 28.0 Å². The molecule has 1 aromatic heterocycles. The first-order chi connectivity index (χ1) is 7.77. The van der Waals surface area contributed by atoms with Gasteiger partial charge >= 0.3 is 6.18 Å². The van der Waals surface area contributed by atoms with Gasteiger partial charge in [0.1, 0.15) is 5.69 Å². The van der Waals surface area contributed by atoms with Crippen molar-refractivity contribution < 1.29 is 22.0 Å². The van der Waals surface area contributed by atoms with Gasteiger partial charge in [-0.25, -0.2) is 13.8 Å². The molecule has 1 aromatic rings. The lowest BCUT2D eigenvalue weighted by atomic mass is 10.1. The van der Waals surface area contributed by atoms with Crippen molar-refractivity contribution in [3.8, 4) is 6.07 Å². The monoisotopic (exact) mass is 270 g/mol. The summed E-state index contributed by atoms with van der Waals surface area (Å²) >= 11 is 5.37. The molecule has 92 valence electrons. The van der Waals surface area contributed by atoms with Crippen LogP contribution in [0, 0.1) is 11.3 Å². The molecule has 0 N–H and O–H groups in total. The van der Waals surface area contributed by atoms with Crippen molar-refractivity contribution >= 4 is 11.6 Å². The van der Waals surface area contributed by atoms with E-state index in [1.807, 2.05) is 0 Å². The summed E-state index contributed by atoms with van der Waals surface area (Å²) in [6.07, 6.45) is -8.60. The molecule has 0 aliphatic rings. The second kappa shape index (κ2) is 4.84. The molecule has 0 saturated heterocycles. The van der Waals surface area contributed by atoms with Crippen LogP contribution >= 0.6 is 11.6 Å². The fraction of sp³-hybridized carbons (Fsp3) is 0.333. The lowest BCUT2D eigenvalue weighted by molar-refractivity contribution is -0.137. The summed E-state index contributed by atoms with van der Waals surface area (Å²) in [6.45, 7) is 0. The number of rotatable bonds is 2. The Balaban J connectivity index is 3.44. The van der Waals surface area contributed by atoms with Crippen LogP contribution in [-0.4, -0.2) is 4.98 Å². The predicted octanol–water partition coefficient (Wildman–Crippen LogP) is 3.76. The summed E-state index contributed by atoms with van der Waals surface area (Å²) in [7, 11) is 0. The average Bonchev–Trinajstić information content (AvgIpc) is 2.19. The Morgan fingerprint density at radius 1 is 1.41 bits per heavy atom. The van der Waals surface area contributed by atoms with Gasteiger partial charge in [-0.2, -0.15) is 18.4 Å². The molecule has 0 bridgehead atoms. The Bertz CT molecular complexity index is 464. The third-order valence-electron chi connectivity index (χ3n) is 1.82. The maximum absolute atomic E-state index is 12.5. The molecule has 0 radical (unpaired) electrons. The van der Waals surface area contributed by atoms with Gasteiger partial charge in [-0.3, -0.25) is 0 Å². The maximum Gasteiger partial charge on any atom is 0.417 e. The smallest absolute Gasteiger partial charge is 0.249 e. The van der Waals surface area contributed by atoms with Crippen molar-refractivity contribution in [1.82, 2.24) is 4.98 Å². The number of pyridine rings is 1. The lowest BCUT2D eigenvalue weighted by Gasteiger charge is -2.12. The second-order valence-corrected chi connectivity index (χ2v) is 3.37. The SMILES string of the molecule is N#CCc1nc(C(F)F)cc(C(F)(F)F)c1Cl. The van der Waals surface area contributed by atoms with E-state index in [1.165, 1.54) is 6.07 Å². The summed E-state index contributed by atoms with van der Waals surface area (Å²) in [5, 5.41) is 7.53. The van der Waals surface area contributed by atoms with E-state index in [2.05, 4.69) is 4.98 Å². The third-order valence-corrected chi connectivity index (χ3v) is 2.24. The lowest BCUT2D eigenvalue weighted by Crippen LogP contribution is -2.10. The van der Waals surface area contributed by atoms with E-state index in [1.54, 1.807) is 0 Å². The van der Waals surface area contributed by atoms with Crippen LogP contribution in [0.5, 0.6) is 0 Å². The highest BCUT2D eigenvalue weighted by Crippen LogP contribution is 2.37. The summed E-state index contributed by atoms with van der Waals surface area (Å²) in [5.74, 6) is 0. The van der Waals surface area contributed by atoms with E-state index < -0.39 is 41.0 Å². The van der Waals surface area contributed by atoms with Gasteiger partial charge in [-0.1, -0.05) is 11.6 Å². The molecule has 0 aromatic carbocycles. The minimum atomic E-state index is -4.87. The maximum atomic E-state index is 12.5. The van der Waals surface area contributed by atoms with E-state index >= 15 is 0 Å². The fourth-order valence-corrected chi connectivity index (χ4v) is 1.38. The zero-order valence-corrected chi connectivity index (χ0v) is 8.78. The Kier molecular flexibility index (Phi) is 3.88. The van der Waals surface area contributed by atoms with Crippen molar-refractivity contribution in [2.24, 2.45) is 0 Å². The molecule has 1 heterocycles. The van der Waals surface area contributed by atoms with Crippen molar-refractivity contribution in [3.63, 3.8) is 0 Å². The topological polar surface area (TPSA) is 36.7 Å². The fourth-order valence-electron chi connectivity index (χ4n) is 1.11. The average molecular weight is 271 g/mol. The normalized spacial score (nSPS) is 11.6. The molecule has 8 heteroatoms. The molecule has 2 nitrogen and oxygen atoms in total. The van der Waals surface area contributed by atoms with Gasteiger partial charge in [-0.05, 0) is 6.07 Å². The highest BCUT2D eigenvalue weighted by Gasteiger charge is 2.35. The van der Waals surface area contributed by atoms with Crippen LogP contribution < -0.4 is 0 Å². The zero-order chi connectivity index (χ0) is 13.2. The first-order valence-electron chi connectivity index (χ1n) is 4.19. The highest BCUT2D eigenvalue weighted by molar-refractivity contribution is 6.32. The van der Waals surface area contributed by atoms with E-state index in [4.69, 9.17) is 16.9 Å². The first kappa shape index (κ1) is 13.6. The molecule has 0 aliphatic carbocycles. The number of halogens is 6. The standard InChI is InChI=1S/C9H4ClF5N2/c10-7-4(9(13,14)15)3-6(8(11)12)17-5(7)1-2-16/h3,8H,1H2. The Morgan fingerprint density at radius 2 is 2.00 bits per heavy atom. The Labute approximate surface area is 97.6 Å². The molecule has 17 heavy (non-hydrogen) atoms. The molecule has 0 atom stereocenters. The number of alkyl halides is 5. The molecule has 0 amide bonds. The summed E-state index contributed by atoms with van der Waals surface area (Å²) in [5.41, 5.74) is -2.96. The van der Waals surface area contributed by atoms with Crippen LogP contribution in [0.1, 0.15) is 23.4 Å². The molecule has 0 fully saturated rings. The number of aromatic nitrogens is 1. The van der Waals surface area contributed by atoms with Crippen LogP contribution in [-0.2, 0) is 12.6 Å².